The molecule has 0 saturated heterocycles. The highest BCUT2D eigenvalue weighted by atomic mass is 16.5. The Balaban J connectivity index is 1.83. The van der Waals surface area contributed by atoms with Crippen molar-refractivity contribution in [2.24, 2.45) is 0 Å². The monoisotopic (exact) mass is 261 g/mol. The van der Waals surface area contributed by atoms with E-state index in [4.69, 9.17) is 14.3 Å². The van der Waals surface area contributed by atoms with Crippen LogP contribution in [0.15, 0.2) is 40.9 Å². The standard InChI is InChI=1S/C14H15NO4/c1-10(12-5-6-13(19-12)14(16)17)18-9-7-11-4-2-3-8-15-11/h2-6,8,10H,7,9H2,1H3,(H,16,17). The molecule has 0 amide bonds. The van der Waals surface area contributed by atoms with Crippen molar-refractivity contribution in [2.75, 3.05) is 6.61 Å². The number of carbonyl (C=O) groups is 1. The van der Waals surface area contributed by atoms with Crippen LogP contribution >= 0.6 is 0 Å². The van der Waals surface area contributed by atoms with Gasteiger partial charge in [-0.25, -0.2) is 4.79 Å². The lowest BCUT2D eigenvalue weighted by Gasteiger charge is -2.10. The van der Waals surface area contributed by atoms with Gasteiger partial charge in [0.1, 0.15) is 11.9 Å². The summed E-state index contributed by atoms with van der Waals surface area (Å²) in [5.74, 6) is -0.638. The van der Waals surface area contributed by atoms with Crippen LogP contribution in [0.2, 0.25) is 0 Å². The van der Waals surface area contributed by atoms with Gasteiger partial charge in [0.15, 0.2) is 0 Å². The van der Waals surface area contributed by atoms with Gasteiger partial charge in [-0.1, -0.05) is 6.07 Å². The average molecular weight is 261 g/mol. The molecule has 100 valence electrons. The first-order valence-electron chi connectivity index (χ1n) is 6.01. The van der Waals surface area contributed by atoms with Crippen LogP contribution in [-0.4, -0.2) is 22.7 Å². The SMILES string of the molecule is CC(OCCc1ccccn1)c1ccc(C(=O)O)o1. The van der Waals surface area contributed by atoms with E-state index < -0.39 is 5.97 Å². The molecular weight excluding hydrogens is 246 g/mol. The van der Waals surface area contributed by atoms with E-state index in [0.717, 1.165) is 5.69 Å². The molecule has 0 fully saturated rings. The van der Waals surface area contributed by atoms with E-state index in [-0.39, 0.29) is 11.9 Å². The van der Waals surface area contributed by atoms with Crippen molar-refractivity contribution in [2.45, 2.75) is 19.4 Å². The van der Waals surface area contributed by atoms with Crippen LogP contribution in [0.25, 0.3) is 0 Å². The lowest BCUT2D eigenvalue weighted by Crippen LogP contribution is -2.04. The fraction of sp³-hybridized carbons (Fsp3) is 0.286. The first-order valence-corrected chi connectivity index (χ1v) is 6.01. The molecule has 2 aromatic heterocycles. The normalized spacial score (nSPS) is 12.3. The van der Waals surface area contributed by atoms with Crippen molar-refractivity contribution < 1.29 is 19.1 Å². The Morgan fingerprint density at radius 1 is 1.42 bits per heavy atom. The van der Waals surface area contributed by atoms with Gasteiger partial charge in [-0.15, -0.1) is 0 Å². The predicted molar refractivity (Wildman–Crippen MR) is 68.0 cm³/mol. The number of nitrogens with zero attached hydrogens (tertiary/aromatic N) is 1. The fourth-order valence-corrected chi connectivity index (χ4v) is 1.65. The Bertz CT molecular complexity index is 535. The maximum Gasteiger partial charge on any atom is 0.371 e. The molecule has 1 atom stereocenters. The number of pyridine rings is 1. The highest BCUT2D eigenvalue weighted by Crippen LogP contribution is 2.19. The summed E-state index contributed by atoms with van der Waals surface area (Å²) in [6, 6.07) is 8.77. The van der Waals surface area contributed by atoms with Crippen molar-refractivity contribution >= 4 is 5.97 Å². The van der Waals surface area contributed by atoms with Gasteiger partial charge in [0.2, 0.25) is 5.76 Å². The molecule has 2 aromatic rings. The summed E-state index contributed by atoms with van der Waals surface area (Å²) >= 11 is 0. The van der Waals surface area contributed by atoms with Crippen molar-refractivity contribution in [3.63, 3.8) is 0 Å². The highest BCUT2D eigenvalue weighted by Gasteiger charge is 2.14. The molecule has 0 radical (unpaired) electrons. The predicted octanol–water partition coefficient (Wildman–Crippen LogP) is 2.69. The van der Waals surface area contributed by atoms with Crippen LogP contribution in [-0.2, 0) is 11.2 Å². The molecule has 1 unspecified atom stereocenters. The van der Waals surface area contributed by atoms with Crippen molar-refractivity contribution in [1.29, 1.82) is 0 Å². The van der Waals surface area contributed by atoms with Crippen molar-refractivity contribution in [3.05, 3.63) is 53.7 Å². The summed E-state index contributed by atoms with van der Waals surface area (Å²) in [5, 5.41) is 8.76. The molecule has 0 aliphatic heterocycles. The molecule has 1 N–H and O–H groups in total. The van der Waals surface area contributed by atoms with Crippen molar-refractivity contribution in [3.8, 4) is 0 Å². The van der Waals surface area contributed by atoms with Gasteiger partial charge in [0.05, 0.1) is 6.61 Å². The minimum absolute atomic E-state index is 0.0739. The van der Waals surface area contributed by atoms with Crippen LogP contribution in [0.4, 0.5) is 0 Å². The molecule has 0 aliphatic carbocycles. The average Bonchev–Trinajstić information content (AvgIpc) is 2.89. The van der Waals surface area contributed by atoms with Gasteiger partial charge in [-0.05, 0) is 31.2 Å². The second-order valence-electron chi connectivity index (χ2n) is 4.09. The summed E-state index contributed by atoms with van der Waals surface area (Å²) in [5.41, 5.74) is 0.959. The van der Waals surface area contributed by atoms with E-state index in [9.17, 15) is 4.79 Å². The number of hydrogen-bond acceptors (Lipinski definition) is 4. The van der Waals surface area contributed by atoms with Gasteiger partial charge in [-0.3, -0.25) is 4.98 Å². The first kappa shape index (κ1) is 13.3. The van der Waals surface area contributed by atoms with Crippen LogP contribution in [0, 0.1) is 0 Å². The van der Waals surface area contributed by atoms with E-state index in [1.54, 1.807) is 12.3 Å². The third-order valence-electron chi connectivity index (χ3n) is 2.69. The lowest BCUT2D eigenvalue weighted by atomic mass is 10.3. The summed E-state index contributed by atoms with van der Waals surface area (Å²) in [6.45, 7) is 2.32. The van der Waals surface area contributed by atoms with Crippen LogP contribution in [0.5, 0.6) is 0 Å². The van der Waals surface area contributed by atoms with Crippen molar-refractivity contribution in [1.82, 2.24) is 4.98 Å². The van der Waals surface area contributed by atoms with E-state index in [2.05, 4.69) is 4.98 Å². The van der Waals surface area contributed by atoms with Gasteiger partial charge >= 0.3 is 5.97 Å². The summed E-state index contributed by atoms with van der Waals surface area (Å²) in [7, 11) is 0. The zero-order valence-corrected chi connectivity index (χ0v) is 10.6. The number of carboxylic acid groups (broad SMARTS) is 1. The van der Waals surface area contributed by atoms with Gasteiger partial charge < -0.3 is 14.3 Å². The number of hydrogen-bond donors (Lipinski definition) is 1. The Hall–Kier alpha value is -2.14. The molecule has 0 aromatic carbocycles. The third-order valence-corrected chi connectivity index (χ3v) is 2.69. The quantitative estimate of drug-likeness (QED) is 0.865. The molecule has 0 saturated carbocycles. The Morgan fingerprint density at radius 2 is 2.26 bits per heavy atom. The summed E-state index contributed by atoms with van der Waals surface area (Å²) in [4.78, 5) is 14.9. The third kappa shape index (κ3) is 3.66. The highest BCUT2D eigenvalue weighted by molar-refractivity contribution is 5.84. The van der Waals surface area contributed by atoms with E-state index in [1.165, 1.54) is 6.07 Å². The number of rotatable bonds is 6. The molecule has 0 aliphatic rings. The first-order chi connectivity index (χ1) is 9.16. The van der Waals surface area contributed by atoms with E-state index in [1.807, 2.05) is 25.1 Å². The smallest absolute Gasteiger partial charge is 0.371 e. The van der Waals surface area contributed by atoms with Gasteiger partial charge in [0.25, 0.3) is 0 Å². The number of ether oxygens (including phenoxy) is 1. The fourth-order valence-electron chi connectivity index (χ4n) is 1.65. The number of carboxylic acids is 1. The Kier molecular flexibility index (Phi) is 4.30. The number of aromatic carboxylic acids is 1. The number of furan rings is 1. The Morgan fingerprint density at radius 3 is 2.89 bits per heavy atom. The summed E-state index contributed by atoms with van der Waals surface area (Å²) in [6.07, 6.45) is 2.17. The van der Waals surface area contributed by atoms with Crippen LogP contribution in [0.3, 0.4) is 0 Å². The summed E-state index contributed by atoms with van der Waals surface area (Å²) < 4.78 is 10.8. The van der Waals surface area contributed by atoms with Gasteiger partial charge in [-0.2, -0.15) is 0 Å². The maximum atomic E-state index is 10.7. The zero-order valence-electron chi connectivity index (χ0n) is 10.6. The Labute approximate surface area is 110 Å². The molecule has 0 spiro atoms. The molecule has 5 nitrogen and oxygen atoms in total. The zero-order chi connectivity index (χ0) is 13.7. The second-order valence-corrected chi connectivity index (χ2v) is 4.09. The topological polar surface area (TPSA) is 72.6 Å². The molecular formula is C14H15NO4. The van der Waals surface area contributed by atoms with E-state index in [0.29, 0.717) is 18.8 Å². The largest absolute Gasteiger partial charge is 0.475 e. The molecule has 5 heteroatoms. The van der Waals surface area contributed by atoms with Gasteiger partial charge in [0, 0.05) is 18.3 Å². The molecule has 2 heterocycles. The second kappa shape index (κ2) is 6.15. The molecule has 0 bridgehead atoms. The molecule has 19 heavy (non-hydrogen) atoms. The van der Waals surface area contributed by atoms with Crippen LogP contribution < -0.4 is 0 Å². The van der Waals surface area contributed by atoms with E-state index >= 15 is 0 Å². The van der Waals surface area contributed by atoms with Crippen LogP contribution in [0.1, 0.15) is 35.0 Å². The minimum Gasteiger partial charge on any atom is -0.475 e. The lowest BCUT2D eigenvalue weighted by molar-refractivity contribution is 0.0487. The minimum atomic E-state index is -1.08. The maximum absolute atomic E-state index is 10.7. The number of aromatic nitrogens is 1. The molecule has 2 rings (SSSR count).